The van der Waals surface area contributed by atoms with E-state index in [1.165, 1.54) is 38.5 Å². The molecule has 3 nitrogen and oxygen atoms in total. The van der Waals surface area contributed by atoms with Crippen LogP contribution in [-0.4, -0.2) is 25.2 Å². The van der Waals surface area contributed by atoms with E-state index in [0.29, 0.717) is 6.10 Å². The summed E-state index contributed by atoms with van der Waals surface area (Å²) in [6.07, 6.45) is 9.48. The second-order valence-electron chi connectivity index (χ2n) is 4.35. The summed E-state index contributed by atoms with van der Waals surface area (Å²) in [5.74, 6) is 0.0828. The van der Waals surface area contributed by atoms with Crippen LogP contribution >= 0.6 is 0 Å². The van der Waals surface area contributed by atoms with E-state index in [1.54, 1.807) is 6.92 Å². The maximum Gasteiger partial charge on any atom is 0.216 e. The Kier molecular flexibility index (Phi) is 6.41. The molecule has 1 fully saturated rings. The second kappa shape index (κ2) is 7.69. The number of hydrogen-bond acceptors (Lipinski definition) is 2. The van der Waals surface area contributed by atoms with E-state index in [-0.39, 0.29) is 5.91 Å². The van der Waals surface area contributed by atoms with Crippen LogP contribution < -0.4 is 5.32 Å². The Morgan fingerprint density at radius 3 is 2.40 bits per heavy atom. The number of hydrogen-bond donors (Lipinski definition) is 1. The van der Waals surface area contributed by atoms with Crippen molar-refractivity contribution < 1.29 is 9.53 Å². The first-order valence-corrected chi connectivity index (χ1v) is 6.15. The summed E-state index contributed by atoms with van der Waals surface area (Å²) in [7, 11) is 0. The SMILES string of the molecule is CC(=O)NCCCCCCCCC1CO1. The molecule has 1 saturated heterocycles. The van der Waals surface area contributed by atoms with Gasteiger partial charge in [-0.25, -0.2) is 0 Å². The van der Waals surface area contributed by atoms with Crippen molar-refractivity contribution in [2.45, 2.75) is 58.0 Å². The molecule has 1 unspecified atom stereocenters. The summed E-state index contributed by atoms with van der Waals surface area (Å²) in [4.78, 5) is 10.6. The van der Waals surface area contributed by atoms with Gasteiger partial charge in [0.05, 0.1) is 12.7 Å². The first-order valence-electron chi connectivity index (χ1n) is 6.15. The van der Waals surface area contributed by atoms with Crippen molar-refractivity contribution in [3.63, 3.8) is 0 Å². The van der Waals surface area contributed by atoms with Crippen LogP contribution in [-0.2, 0) is 9.53 Å². The zero-order chi connectivity index (χ0) is 10.9. The smallest absolute Gasteiger partial charge is 0.216 e. The Balaban J connectivity index is 1.67. The molecule has 0 aromatic carbocycles. The van der Waals surface area contributed by atoms with E-state index in [9.17, 15) is 4.79 Å². The molecule has 1 aliphatic heterocycles. The number of unbranched alkanes of at least 4 members (excludes halogenated alkanes) is 5. The van der Waals surface area contributed by atoms with E-state index in [1.807, 2.05) is 0 Å². The molecule has 3 heteroatoms. The summed E-state index contributed by atoms with van der Waals surface area (Å²) in [5.41, 5.74) is 0. The number of rotatable bonds is 9. The van der Waals surface area contributed by atoms with Crippen LogP contribution in [0.2, 0.25) is 0 Å². The topological polar surface area (TPSA) is 41.6 Å². The molecule has 0 aromatic heterocycles. The molecule has 1 atom stereocenters. The van der Waals surface area contributed by atoms with Gasteiger partial charge in [0.15, 0.2) is 0 Å². The molecule has 1 aliphatic rings. The Hall–Kier alpha value is -0.570. The van der Waals surface area contributed by atoms with Crippen molar-refractivity contribution in [1.29, 1.82) is 0 Å². The summed E-state index contributed by atoms with van der Waals surface area (Å²) in [6.45, 7) is 3.40. The minimum absolute atomic E-state index is 0.0828. The number of carbonyl (C=O) groups excluding carboxylic acids is 1. The average molecular weight is 213 g/mol. The minimum Gasteiger partial charge on any atom is -0.373 e. The van der Waals surface area contributed by atoms with Gasteiger partial charge in [0.25, 0.3) is 0 Å². The molecule has 1 amide bonds. The fourth-order valence-electron chi connectivity index (χ4n) is 1.70. The van der Waals surface area contributed by atoms with Gasteiger partial charge in [-0.15, -0.1) is 0 Å². The van der Waals surface area contributed by atoms with E-state index in [2.05, 4.69) is 5.32 Å². The van der Waals surface area contributed by atoms with Gasteiger partial charge >= 0.3 is 0 Å². The van der Waals surface area contributed by atoms with Crippen molar-refractivity contribution in [2.24, 2.45) is 0 Å². The monoisotopic (exact) mass is 213 g/mol. The predicted molar refractivity (Wildman–Crippen MR) is 60.7 cm³/mol. The lowest BCUT2D eigenvalue weighted by Crippen LogP contribution is -2.20. The van der Waals surface area contributed by atoms with E-state index < -0.39 is 0 Å². The summed E-state index contributed by atoms with van der Waals surface area (Å²) >= 11 is 0. The lowest BCUT2D eigenvalue weighted by Gasteiger charge is -2.02. The third kappa shape index (κ3) is 8.43. The van der Waals surface area contributed by atoms with Gasteiger partial charge in [0, 0.05) is 13.5 Å². The van der Waals surface area contributed by atoms with Gasteiger partial charge < -0.3 is 10.1 Å². The standard InChI is InChI=1S/C12H23NO2/c1-11(14)13-9-7-5-3-2-4-6-8-12-10-15-12/h12H,2-10H2,1H3,(H,13,14). The second-order valence-corrected chi connectivity index (χ2v) is 4.35. The third-order valence-corrected chi connectivity index (χ3v) is 2.73. The predicted octanol–water partition coefficient (Wildman–Crippen LogP) is 2.25. The van der Waals surface area contributed by atoms with Crippen molar-refractivity contribution in [2.75, 3.05) is 13.2 Å². The molecular formula is C12H23NO2. The molecule has 0 radical (unpaired) electrons. The van der Waals surface area contributed by atoms with Crippen LogP contribution in [0.5, 0.6) is 0 Å². The Bertz CT molecular complexity index is 178. The number of carbonyl (C=O) groups is 1. The highest BCUT2D eigenvalue weighted by Crippen LogP contribution is 2.17. The first kappa shape index (κ1) is 12.5. The lowest BCUT2D eigenvalue weighted by molar-refractivity contribution is -0.118. The van der Waals surface area contributed by atoms with E-state index in [0.717, 1.165) is 19.6 Å². The Morgan fingerprint density at radius 2 is 1.80 bits per heavy atom. The van der Waals surface area contributed by atoms with Crippen LogP contribution in [0.15, 0.2) is 0 Å². The lowest BCUT2D eigenvalue weighted by atomic mass is 10.1. The maximum atomic E-state index is 10.6. The highest BCUT2D eigenvalue weighted by atomic mass is 16.6. The highest BCUT2D eigenvalue weighted by molar-refractivity contribution is 5.72. The van der Waals surface area contributed by atoms with Crippen LogP contribution in [0.25, 0.3) is 0 Å². The number of nitrogens with one attached hydrogen (secondary N) is 1. The maximum absolute atomic E-state index is 10.6. The van der Waals surface area contributed by atoms with Crippen molar-refractivity contribution in [3.8, 4) is 0 Å². The van der Waals surface area contributed by atoms with E-state index >= 15 is 0 Å². The molecular weight excluding hydrogens is 190 g/mol. The van der Waals surface area contributed by atoms with Crippen molar-refractivity contribution in [3.05, 3.63) is 0 Å². The molecule has 1 heterocycles. The summed E-state index contributed by atoms with van der Waals surface area (Å²) in [5, 5.41) is 2.82. The van der Waals surface area contributed by atoms with Gasteiger partial charge in [0.2, 0.25) is 5.91 Å². The quantitative estimate of drug-likeness (QED) is 0.471. The number of ether oxygens (including phenoxy) is 1. The molecule has 15 heavy (non-hydrogen) atoms. The molecule has 0 bridgehead atoms. The third-order valence-electron chi connectivity index (χ3n) is 2.73. The van der Waals surface area contributed by atoms with Crippen LogP contribution in [0.3, 0.4) is 0 Å². The Labute approximate surface area is 92.6 Å². The molecule has 0 aliphatic carbocycles. The summed E-state index contributed by atoms with van der Waals surface area (Å²) in [6, 6.07) is 0. The van der Waals surface area contributed by atoms with Crippen molar-refractivity contribution >= 4 is 5.91 Å². The fourth-order valence-corrected chi connectivity index (χ4v) is 1.70. The van der Waals surface area contributed by atoms with Gasteiger partial charge in [-0.3, -0.25) is 4.79 Å². The Morgan fingerprint density at radius 1 is 1.20 bits per heavy atom. The zero-order valence-electron chi connectivity index (χ0n) is 9.76. The molecule has 88 valence electrons. The number of epoxide rings is 1. The first-order chi connectivity index (χ1) is 7.29. The molecule has 1 rings (SSSR count). The van der Waals surface area contributed by atoms with Gasteiger partial charge in [-0.2, -0.15) is 0 Å². The molecule has 0 saturated carbocycles. The molecule has 0 aromatic rings. The highest BCUT2D eigenvalue weighted by Gasteiger charge is 2.20. The number of amides is 1. The van der Waals surface area contributed by atoms with Gasteiger partial charge in [0.1, 0.15) is 0 Å². The molecule has 0 spiro atoms. The van der Waals surface area contributed by atoms with E-state index in [4.69, 9.17) is 4.74 Å². The minimum atomic E-state index is 0.0828. The summed E-state index contributed by atoms with van der Waals surface area (Å²) < 4.78 is 5.15. The fraction of sp³-hybridized carbons (Fsp3) is 0.917. The average Bonchev–Trinajstić information content (AvgIpc) is 2.98. The van der Waals surface area contributed by atoms with Crippen molar-refractivity contribution in [1.82, 2.24) is 5.32 Å². The molecule has 1 N–H and O–H groups in total. The largest absolute Gasteiger partial charge is 0.373 e. The van der Waals surface area contributed by atoms with Crippen LogP contribution in [0.1, 0.15) is 51.9 Å². The van der Waals surface area contributed by atoms with Crippen LogP contribution in [0.4, 0.5) is 0 Å². The van der Waals surface area contributed by atoms with Gasteiger partial charge in [-0.1, -0.05) is 32.1 Å². The zero-order valence-corrected chi connectivity index (χ0v) is 9.76. The van der Waals surface area contributed by atoms with Crippen LogP contribution in [0, 0.1) is 0 Å². The van der Waals surface area contributed by atoms with Gasteiger partial charge in [-0.05, 0) is 12.8 Å². The normalized spacial score (nSPS) is 18.9.